The first-order valence-corrected chi connectivity index (χ1v) is 8.50. The quantitative estimate of drug-likeness (QED) is 0.679. The van der Waals surface area contributed by atoms with E-state index < -0.39 is 5.60 Å². The maximum absolute atomic E-state index is 13.3. The zero-order chi connectivity index (χ0) is 18.4. The maximum atomic E-state index is 13.3. The first-order chi connectivity index (χ1) is 12.6. The minimum absolute atomic E-state index is 0.278. The average Bonchev–Trinajstić information content (AvgIpc) is 2.69. The fraction of sp³-hybridized carbons (Fsp3) is 0.182. The van der Waals surface area contributed by atoms with Gasteiger partial charge in [0.15, 0.2) is 0 Å². The monoisotopic (exact) mass is 351 g/mol. The lowest BCUT2D eigenvalue weighted by Gasteiger charge is -2.30. The first kappa shape index (κ1) is 18.1. The molecule has 0 unspecified atom stereocenters. The molecule has 3 rings (SSSR count). The molecule has 4 heteroatoms. The molecule has 0 fully saturated rings. The lowest BCUT2D eigenvalue weighted by atomic mass is 9.86. The molecule has 0 aliphatic rings. The van der Waals surface area contributed by atoms with Gasteiger partial charge in [-0.3, -0.25) is 0 Å². The van der Waals surface area contributed by atoms with Gasteiger partial charge in [-0.25, -0.2) is 4.39 Å². The van der Waals surface area contributed by atoms with Crippen molar-refractivity contribution >= 4 is 0 Å². The van der Waals surface area contributed by atoms with E-state index in [0.29, 0.717) is 12.1 Å². The normalized spacial score (nSPS) is 13.2. The van der Waals surface area contributed by atoms with Gasteiger partial charge in [-0.2, -0.15) is 0 Å². The summed E-state index contributed by atoms with van der Waals surface area (Å²) in [6, 6.07) is 23.1. The molecule has 0 saturated heterocycles. The number of rotatable bonds is 7. The van der Waals surface area contributed by atoms with Gasteiger partial charge in [-0.1, -0.05) is 60.7 Å². The standard InChI is InChI=1S/C22H22FNO2/c1-26-21-10-6-5-7-17(21)15-24-16-22(25,18-8-3-2-4-9-18)19-11-13-20(23)14-12-19/h2-14,24-25H,15-16H2,1H3/t22-/m0/s1. The molecule has 3 aromatic carbocycles. The molecule has 0 bridgehead atoms. The molecule has 134 valence electrons. The Labute approximate surface area is 153 Å². The topological polar surface area (TPSA) is 41.5 Å². The summed E-state index contributed by atoms with van der Waals surface area (Å²) < 4.78 is 18.7. The molecular formula is C22H22FNO2. The van der Waals surface area contributed by atoms with E-state index in [1.165, 1.54) is 12.1 Å². The highest BCUT2D eigenvalue weighted by atomic mass is 19.1. The molecule has 0 aliphatic heterocycles. The molecule has 2 N–H and O–H groups in total. The zero-order valence-corrected chi connectivity index (χ0v) is 14.7. The minimum Gasteiger partial charge on any atom is -0.496 e. The van der Waals surface area contributed by atoms with Crippen LogP contribution in [0, 0.1) is 5.82 Å². The lowest BCUT2D eigenvalue weighted by Crippen LogP contribution is -2.39. The minimum atomic E-state index is -1.27. The van der Waals surface area contributed by atoms with Crippen molar-refractivity contribution in [1.82, 2.24) is 5.32 Å². The fourth-order valence-electron chi connectivity index (χ4n) is 3.04. The van der Waals surface area contributed by atoms with Crippen molar-refractivity contribution in [3.05, 3.63) is 101 Å². The van der Waals surface area contributed by atoms with Crippen molar-refractivity contribution in [2.75, 3.05) is 13.7 Å². The van der Waals surface area contributed by atoms with E-state index in [0.717, 1.165) is 16.9 Å². The number of hydrogen-bond donors (Lipinski definition) is 2. The maximum Gasteiger partial charge on any atom is 0.127 e. The van der Waals surface area contributed by atoms with E-state index >= 15 is 0 Å². The summed E-state index contributed by atoms with van der Waals surface area (Å²) in [7, 11) is 1.64. The van der Waals surface area contributed by atoms with E-state index in [2.05, 4.69) is 5.32 Å². The van der Waals surface area contributed by atoms with E-state index in [-0.39, 0.29) is 12.4 Å². The molecule has 0 radical (unpaired) electrons. The van der Waals surface area contributed by atoms with Crippen LogP contribution in [0.5, 0.6) is 5.75 Å². The summed E-state index contributed by atoms with van der Waals surface area (Å²) in [6.07, 6.45) is 0. The Morgan fingerprint density at radius 1 is 0.885 bits per heavy atom. The Bertz CT molecular complexity index is 836. The van der Waals surface area contributed by atoms with E-state index in [1.807, 2.05) is 54.6 Å². The van der Waals surface area contributed by atoms with Gasteiger partial charge in [0, 0.05) is 18.7 Å². The molecule has 0 spiro atoms. The third kappa shape index (κ3) is 3.93. The number of halogens is 1. The summed E-state index contributed by atoms with van der Waals surface area (Å²) in [6.45, 7) is 0.820. The van der Waals surface area contributed by atoms with Crippen LogP contribution in [0.2, 0.25) is 0 Å². The average molecular weight is 351 g/mol. The molecule has 0 saturated carbocycles. The third-order valence-electron chi connectivity index (χ3n) is 4.46. The lowest BCUT2D eigenvalue weighted by molar-refractivity contribution is 0.0795. The number of para-hydroxylation sites is 1. The number of hydrogen-bond acceptors (Lipinski definition) is 3. The van der Waals surface area contributed by atoms with Crippen LogP contribution in [0.4, 0.5) is 4.39 Å². The summed E-state index contributed by atoms with van der Waals surface area (Å²) in [4.78, 5) is 0. The van der Waals surface area contributed by atoms with Gasteiger partial charge in [0.05, 0.1) is 7.11 Å². The van der Waals surface area contributed by atoms with Crippen LogP contribution in [0.1, 0.15) is 16.7 Å². The molecule has 0 heterocycles. The zero-order valence-electron chi connectivity index (χ0n) is 14.7. The number of methoxy groups -OCH3 is 1. The fourth-order valence-corrected chi connectivity index (χ4v) is 3.04. The highest BCUT2D eigenvalue weighted by molar-refractivity contribution is 5.37. The molecule has 0 aliphatic carbocycles. The molecule has 1 atom stereocenters. The molecule has 0 amide bonds. The Hall–Kier alpha value is -2.69. The number of ether oxygens (including phenoxy) is 1. The SMILES string of the molecule is COc1ccccc1CNC[C@](O)(c1ccccc1)c1ccc(F)cc1. The second-order valence-electron chi connectivity index (χ2n) is 6.15. The van der Waals surface area contributed by atoms with Gasteiger partial charge in [0.2, 0.25) is 0 Å². The molecule has 3 aromatic rings. The Balaban J connectivity index is 1.84. The van der Waals surface area contributed by atoms with Crippen molar-refractivity contribution < 1.29 is 14.2 Å². The van der Waals surface area contributed by atoms with Crippen LogP contribution in [-0.2, 0) is 12.1 Å². The first-order valence-electron chi connectivity index (χ1n) is 8.50. The number of nitrogens with one attached hydrogen (secondary N) is 1. The molecule has 3 nitrogen and oxygen atoms in total. The smallest absolute Gasteiger partial charge is 0.127 e. The van der Waals surface area contributed by atoms with Crippen molar-refractivity contribution in [2.45, 2.75) is 12.1 Å². The van der Waals surface area contributed by atoms with Gasteiger partial charge >= 0.3 is 0 Å². The highest BCUT2D eigenvalue weighted by Crippen LogP contribution is 2.29. The summed E-state index contributed by atoms with van der Waals surface area (Å²) in [5, 5.41) is 14.7. The van der Waals surface area contributed by atoms with Gasteiger partial charge in [-0.15, -0.1) is 0 Å². The van der Waals surface area contributed by atoms with Crippen LogP contribution < -0.4 is 10.1 Å². The Kier molecular flexibility index (Phi) is 5.66. The van der Waals surface area contributed by atoms with Crippen LogP contribution in [0.15, 0.2) is 78.9 Å². The third-order valence-corrected chi connectivity index (χ3v) is 4.46. The van der Waals surface area contributed by atoms with Gasteiger partial charge < -0.3 is 15.2 Å². The van der Waals surface area contributed by atoms with Crippen LogP contribution in [0.3, 0.4) is 0 Å². The number of aliphatic hydroxyl groups is 1. The second-order valence-corrected chi connectivity index (χ2v) is 6.15. The largest absolute Gasteiger partial charge is 0.496 e. The number of benzene rings is 3. The second kappa shape index (κ2) is 8.13. The highest BCUT2D eigenvalue weighted by Gasteiger charge is 2.31. The summed E-state index contributed by atoms with van der Waals surface area (Å²) >= 11 is 0. The van der Waals surface area contributed by atoms with Gasteiger partial charge in [0.25, 0.3) is 0 Å². The summed E-state index contributed by atoms with van der Waals surface area (Å²) in [5.41, 5.74) is 1.12. The van der Waals surface area contributed by atoms with Crippen LogP contribution in [0.25, 0.3) is 0 Å². The van der Waals surface area contributed by atoms with Crippen molar-refractivity contribution in [2.24, 2.45) is 0 Å². The van der Waals surface area contributed by atoms with E-state index in [4.69, 9.17) is 4.74 Å². The van der Waals surface area contributed by atoms with Crippen molar-refractivity contribution in [1.29, 1.82) is 0 Å². The van der Waals surface area contributed by atoms with E-state index in [9.17, 15) is 9.50 Å². The van der Waals surface area contributed by atoms with Crippen molar-refractivity contribution in [3.63, 3.8) is 0 Å². The Morgan fingerprint density at radius 3 is 2.19 bits per heavy atom. The molecule has 0 aromatic heterocycles. The van der Waals surface area contributed by atoms with E-state index in [1.54, 1.807) is 19.2 Å². The van der Waals surface area contributed by atoms with Gasteiger partial charge in [0.1, 0.15) is 17.2 Å². The Morgan fingerprint density at radius 2 is 1.50 bits per heavy atom. The van der Waals surface area contributed by atoms with Crippen LogP contribution in [-0.4, -0.2) is 18.8 Å². The van der Waals surface area contributed by atoms with Gasteiger partial charge in [-0.05, 0) is 29.3 Å². The van der Waals surface area contributed by atoms with Crippen molar-refractivity contribution in [3.8, 4) is 5.75 Å². The van der Waals surface area contributed by atoms with Crippen LogP contribution >= 0.6 is 0 Å². The molecule has 26 heavy (non-hydrogen) atoms. The summed E-state index contributed by atoms with van der Waals surface area (Å²) in [5.74, 6) is 0.469. The predicted molar refractivity (Wildman–Crippen MR) is 101 cm³/mol. The predicted octanol–water partition coefficient (Wildman–Crippen LogP) is 3.86. The molecular weight excluding hydrogens is 329 g/mol.